The second kappa shape index (κ2) is 16.6. The number of ether oxygens (including phenoxy) is 5. The monoisotopic (exact) mass is 578 g/mol. The Kier molecular flexibility index (Phi) is 12.3. The minimum Gasteiger partial charge on any atom is -0.496 e. The van der Waals surface area contributed by atoms with Gasteiger partial charge in [-0.1, -0.05) is 48.5 Å². The van der Waals surface area contributed by atoms with Crippen LogP contribution >= 0.6 is 0 Å². The van der Waals surface area contributed by atoms with Crippen molar-refractivity contribution in [3.63, 3.8) is 0 Å². The molecule has 1 heterocycles. The zero-order valence-electron chi connectivity index (χ0n) is 24.3. The molecule has 3 N–H and O–H groups in total. The van der Waals surface area contributed by atoms with Gasteiger partial charge in [0.15, 0.2) is 0 Å². The highest BCUT2D eigenvalue weighted by Crippen LogP contribution is 2.32. The third-order valence-electron chi connectivity index (χ3n) is 7.35. The summed E-state index contributed by atoms with van der Waals surface area (Å²) in [7, 11) is 1.66. The number of amides is 1. The summed E-state index contributed by atoms with van der Waals surface area (Å²) in [5.74, 6) is 2.49. The van der Waals surface area contributed by atoms with Crippen LogP contribution < -0.4 is 19.9 Å². The molecular weight excluding hydrogens is 536 g/mol. The lowest BCUT2D eigenvalue weighted by Gasteiger charge is -2.37. The molecule has 1 fully saturated rings. The minimum absolute atomic E-state index is 0.0718. The van der Waals surface area contributed by atoms with Crippen LogP contribution in [0.25, 0.3) is 0 Å². The van der Waals surface area contributed by atoms with Gasteiger partial charge in [0.1, 0.15) is 23.9 Å². The van der Waals surface area contributed by atoms with Crippen molar-refractivity contribution >= 4 is 6.09 Å². The average molecular weight is 579 g/mol. The molecule has 0 bridgehead atoms. The molecule has 3 aromatic rings. The number of rotatable bonds is 16. The molecule has 0 radical (unpaired) electrons. The van der Waals surface area contributed by atoms with E-state index in [1.807, 2.05) is 72.8 Å². The van der Waals surface area contributed by atoms with Crippen LogP contribution in [0.2, 0.25) is 0 Å². The topological polar surface area (TPSA) is 113 Å². The third kappa shape index (κ3) is 9.11. The number of nitrogens with zero attached hydrogens (tertiary/aromatic N) is 1. The van der Waals surface area contributed by atoms with Crippen LogP contribution in [0, 0.1) is 0 Å². The van der Waals surface area contributed by atoms with Gasteiger partial charge in [-0.05, 0) is 54.8 Å². The maximum Gasteiger partial charge on any atom is 0.407 e. The summed E-state index contributed by atoms with van der Waals surface area (Å²) in [5, 5.41) is 9.57. The fraction of sp³-hybridized carbons (Fsp3) is 0.424. The van der Waals surface area contributed by atoms with E-state index in [2.05, 4.69) is 0 Å². The lowest BCUT2D eigenvalue weighted by Crippen LogP contribution is -2.46. The van der Waals surface area contributed by atoms with Gasteiger partial charge in [-0.15, -0.1) is 0 Å². The zero-order valence-corrected chi connectivity index (χ0v) is 24.3. The molecule has 226 valence electrons. The molecule has 9 nitrogen and oxygen atoms in total. The summed E-state index contributed by atoms with van der Waals surface area (Å²) >= 11 is 0. The van der Waals surface area contributed by atoms with E-state index in [0.29, 0.717) is 59.1 Å². The van der Waals surface area contributed by atoms with E-state index in [-0.39, 0.29) is 12.0 Å². The van der Waals surface area contributed by atoms with Crippen LogP contribution in [-0.2, 0) is 22.5 Å². The van der Waals surface area contributed by atoms with Gasteiger partial charge in [0.25, 0.3) is 0 Å². The van der Waals surface area contributed by atoms with E-state index >= 15 is 0 Å². The highest BCUT2D eigenvalue weighted by molar-refractivity contribution is 5.65. The predicted molar refractivity (Wildman–Crippen MR) is 161 cm³/mol. The number of hydrogen-bond donors (Lipinski definition) is 2. The van der Waals surface area contributed by atoms with Crippen molar-refractivity contribution in [2.24, 2.45) is 5.73 Å². The Hall–Kier alpha value is -3.79. The molecule has 42 heavy (non-hydrogen) atoms. The first-order valence-corrected chi connectivity index (χ1v) is 14.5. The quantitative estimate of drug-likeness (QED) is 0.226. The molecule has 1 aliphatic heterocycles. The van der Waals surface area contributed by atoms with Crippen molar-refractivity contribution in [3.8, 4) is 17.2 Å². The van der Waals surface area contributed by atoms with Crippen molar-refractivity contribution in [2.45, 2.75) is 37.9 Å². The number of piperidine rings is 1. The number of likely N-dealkylation sites (tertiary alicyclic amines) is 1. The minimum atomic E-state index is -0.926. The van der Waals surface area contributed by atoms with E-state index < -0.39 is 6.09 Å². The summed E-state index contributed by atoms with van der Waals surface area (Å²) in [6, 6.07) is 23.7. The normalized spacial score (nSPS) is 16.7. The van der Waals surface area contributed by atoms with Gasteiger partial charge in [-0.3, -0.25) is 0 Å². The van der Waals surface area contributed by atoms with Gasteiger partial charge in [0, 0.05) is 24.4 Å². The van der Waals surface area contributed by atoms with E-state index in [1.165, 1.54) is 4.90 Å². The van der Waals surface area contributed by atoms with Gasteiger partial charge in [-0.25, -0.2) is 4.79 Å². The summed E-state index contributed by atoms with van der Waals surface area (Å²) in [6.07, 6.45) is 0.988. The molecule has 0 aromatic heterocycles. The van der Waals surface area contributed by atoms with Crippen molar-refractivity contribution in [3.05, 3.63) is 89.5 Å². The van der Waals surface area contributed by atoms with Crippen molar-refractivity contribution in [2.75, 3.05) is 53.2 Å². The van der Waals surface area contributed by atoms with Gasteiger partial charge in [-0.2, -0.15) is 0 Å². The Morgan fingerprint density at radius 3 is 2.38 bits per heavy atom. The van der Waals surface area contributed by atoms with Crippen LogP contribution in [0.5, 0.6) is 17.2 Å². The molecule has 1 amide bonds. The first-order valence-electron chi connectivity index (χ1n) is 14.5. The summed E-state index contributed by atoms with van der Waals surface area (Å²) in [5.41, 5.74) is 8.91. The highest BCUT2D eigenvalue weighted by atomic mass is 16.5. The van der Waals surface area contributed by atoms with Gasteiger partial charge in [0.05, 0.1) is 46.2 Å². The molecule has 0 spiro atoms. The van der Waals surface area contributed by atoms with Crippen molar-refractivity contribution < 1.29 is 33.6 Å². The Labute approximate surface area is 248 Å². The number of methoxy groups -OCH3 is 1. The number of hydrogen-bond acceptors (Lipinski definition) is 7. The van der Waals surface area contributed by atoms with Crippen LogP contribution in [0.3, 0.4) is 0 Å². The lowest BCUT2D eigenvalue weighted by atomic mass is 9.87. The molecule has 0 saturated carbocycles. The van der Waals surface area contributed by atoms with Crippen LogP contribution in [0.4, 0.5) is 4.79 Å². The van der Waals surface area contributed by atoms with Crippen LogP contribution in [-0.4, -0.2) is 75.4 Å². The van der Waals surface area contributed by atoms with Gasteiger partial charge >= 0.3 is 6.09 Å². The molecule has 4 rings (SSSR count). The molecular formula is C33H42N2O7. The molecule has 3 aromatic carbocycles. The SMILES string of the molecule is COc1ccccc1COCCCOc1ccc(C2CCN(C(=O)O)CC2OCCOc2ccccc2CCN)cc1. The summed E-state index contributed by atoms with van der Waals surface area (Å²) in [6.45, 7) is 3.68. The van der Waals surface area contributed by atoms with E-state index in [1.54, 1.807) is 7.11 Å². The van der Waals surface area contributed by atoms with Crippen molar-refractivity contribution in [1.29, 1.82) is 0 Å². The van der Waals surface area contributed by atoms with E-state index in [0.717, 1.165) is 46.8 Å². The molecule has 0 aliphatic carbocycles. The first-order chi connectivity index (χ1) is 20.6. The standard InChI is InChI=1S/C33H42N2O7/c1-38-30-9-4-3-8-27(30)24-39-19-6-20-40-28-13-11-25(12-14-28)29-16-18-35(33(36)37)23-32(29)42-22-21-41-31-10-5-2-7-26(31)15-17-34/h2-5,7-14,29,32H,6,15-24,34H2,1H3,(H,36,37). The van der Waals surface area contributed by atoms with Gasteiger partial charge < -0.3 is 39.4 Å². The fourth-order valence-electron chi connectivity index (χ4n) is 5.16. The Morgan fingerprint density at radius 2 is 1.64 bits per heavy atom. The number of nitrogens with two attached hydrogens (primary N) is 1. The average Bonchev–Trinajstić information content (AvgIpc) is 3.02. The van der Waals surface area contributed by atoms with E-state index in [4.69, 9.17) is 29.4 Å². The van der Waals surface area contributed by atoms with Crippen molar-refractivity contribution in [1.82, 2.24) is 4.90 Å². The molecule has 2 atom stereocenters. The lowest BCUT2D eigenvalue weighted by molar-refractivity contribution is -0.0207. The number of benzene rings is 3. The van der Waals surface area contributed by atoms with Gasteiger partial charge in [0.2, 0.25) is 0 Å². The number of carboxylic acid groups (broad SMARTS) is 1. The Balaban J connectivity index is 1.24. The maximum absolute atomic E-state index is 11.7. The fourth-order valence-corrected chi connectivity index (χ4v) is 5.16. The zero-order chi connectivity index (χ0) is 29.6. The van der Waals surface area contributed by atoms with Crippen LogP contribution in [0.15, 0.2) is 72.8 Å². The largest absolute Gasteiger partial charge is 0.496 e. The first kappa shape index (κ1) is 31.2. The summed E-state index contributed by atoms with van der Waals surface area (Å²) < 4.78 is 29.3. The number of para-hydroxylation sites is 2. The third-order valence-corrected chi connectivity index (χ3v) is 7.35. The molecule has 1 saturated heterocycles. The maximum atomic E-state index is 11.7. The highest BCUT2D eigenvalue weighted by Gasteiger charge is 2.33. The smallest absolute Gasteiger partial charge is 0.407 e. The Bertz CT molecular complexity index is 1240. The molecule has 9 heteroatoms. The second-order valence-corrected chi connectivity index (χ2v) is 10.2. The molecule has 2 unspecified atom stereocenters. The second-order valence-electron chi connectivity index (χ2n) is 10.2. The van der Waals surface area contributed by atoms with Crippen LogP contribution in [0.1, 0.15) is 35.4 Å². The number of carbonyl (C=O) groups is 1. The Morgan fingerprint density at radius 1 is 0.905 bits per heavy atom. The van der Waals surface area contributed by atoms with E-state index in [9.17, 15) is 9.90 Å². The molecule has 1 aliphatic rings. The predicted octanol–water partition coefficient (Wildman–Crippen LogP) is 5.11. The summed E-state index contributed by atoms with van der Waals surface area (Å²) in [4.78, 5) is 13.1.